The molecule has 6 nitrogen and oxygen atoms in total. The van der Waals surface area contributed by atoms with Gasteiger partial charge in [0.25, 0.3) is 0 Å². The van der Waals surface area contributed by atoms with Crippen molar-refractivity contribution in [2.45, 2.75) is 6.42 Å². The maximum atomic E-state index is 14.0. The van der Waals surface area contributed by atoms with Crippen LogP contribution in [0.25, 0.3) is 0 Å². The van der Waals surface area contributed by atoms with Gasteiger partial charge in [-0.2, -0.15) is 0 Å². The summed E-state index contributed by atoms with van der Waals surface area (Å²) in [5, 5.41) is 0.294. The number of hydrogen-bond acceptors (Lipinski definition) is 5. The van der Waals surface area contributed by atoms with E-state index in [2.05, 4.69) is 14.9 Å². The summed E-state index contributed by atoms with van der Waals surface area (Å²) in [5.41, 5.74) is 1.01. The van der Waals surface area contributed by atoms with Crippen LogP contribution in [-0.4, -0.2) is 47.0 Å². The number of hydrogen-bond donors (Lipinski definition) is 0. The summed E-state index contributed by atoms with van der Waals surface area (Å²) in [7, 11) is 0. The molecule has 3 aromatic rings. The van der Waals surface area contributed by atoms with Crippen LogP contribution in [0.15, 0.2) is 60.9 Å². The second-order valence-corrected chi connectivity index (χ2v) is 7.36. The van der Waals surface area contributed by atoms with Crippen LogP contribution in [0.1, 0.15) is 5.56 Å². The van der Waals surface area contributed by atoms with Crippen LogP contribution in [0.4, 0.5) is 10.2 Å². The van der Waals surface area contributed by atoms with E-state index in [0.29, 0.717) is 43.4 Å². The van der Waals surface area contributed by atoms with Gasteiger partial charge in [-0.05, 0) is 23.8 Å². The fourth-order valence-electron chi connectivity index (χ4n) is 3.30. The van der Waals surface area contributed by atoms with Gasteiger partial charge in [-0.25, -0.2) is 14.4 Å². The third-order valence-electron chi connectivity index (χ3n) is 4.89. The molecule has 154 valence electrons. The Balaban J connectivity index is 1.36. The average Bonchev–Trinajstić information content (AvgIpc) is 2.77. The fourth-order valence-corrected chi connectivity index (χ4v) is 3.46. The fraction of sp³-hybridized carbons (Fsp3) is 0.227. The van der Waals surface area contributed by atoms with Gasteiger partial charge in [-0.1, -0.05) is 41.9 Å². The number of carbonyl (C=O) groups is 1. The van der Waals surface area contributed by atoms with Crippen LogP contribution in [0.5, 0.6) is 11.6 Å². The molecule has 0 bridgehead atoms. The number of aromatic nitrogens is 2. The quantitative estimate of drug-likeness (QED) is 0.618. The molecule has 1 fully saturated rings. The van der Waals surface area contributed by atoms with Crippen LogP contribution >= 0.6 is 11.6 Å². The van der Waals surface area contributed by atoms with Crippen molar-refractivity contribution < 1.29 is 13.9 Å². The molecule has 30 heavy (non-hydrogen) atoms. The molecule has 1 aromatic heterocycles. The van der Waals surface area contributed by atoms with Gasteiger partial charge in [0.1, 0.15) is 12.1 Å². The third kappa shape index (κ3) is 4.86. The molecule has 0 radical (unpaired) electrons. The lowest BCUT2D eigenvalue weighted by Gasteiger charge is -2.35. The van der Waals surface area contributed by atoms with Gasteiger partial charge in [0.15, 0.2) is 11.6 Å². The zero-order valence-corrected chi connectivity index (χ0v) is 16.9. The van der Waals surface area contributed by atoms with Gasteiger partial charge in [-0.3, -0.25) is 4.79 Å². The van der Waals surface area contributed by atoms with Crippen molar-refractivity contribution in [3.05, 3.63) is 77.3 Å². The first-order chi connectivity index (χ1) is 14.6. The molecule has 8 heteroatoms. The van der Waals surface area contributed by atoms with Crippen molar-refractivity contribution in [3.63, 3.8) is 0 Å². The minimum absolute atomic E-state index is 0.0420. The molecule has 2 aromatic carbocycles. The maximum Gasteiger partial charge on any atom is 0.227 e. The Morgan fingerprint density at radius 3 is 2.53 bits per heavy atom. The summed E-state index contributed by atoms with van der Waals surface area (Å²) in [4.78, 5) is 24.8. The topological polar surface area (TPSA) is 58.6 Å². The van der Waals surface area contributed by atoms with Crippen molar-refractivity contribution >= 4 is 23.3 Å². The van der Waals surface area contributed by atoms with Gasteiger partial charge in [-0.15, -0.1) is 0 Å². The van der Waals surface area contributed by atoms with Gasteiger partial charge in [0.2, 0.25) is 11.8 Å². The third-order valence-corrected chi connectivity index (χ3v) is 5.13. The molecule has 0 atom stereocenters. The SMILES string of the molecule is O=C(Cc1ccccc1)N1CCN(c2cc(Oc3ccc(Cl)cc3F)ncn2)CC1. The average molecular weight is 427 g/mol. The summed E-state index contributed by atoms with van der Waals surface area (Å²) in [6.45, 7) is 2.51. The number of carbonyl (C=O) groups excluding carboxylic acids is 1. The predicted molar refractivity (Wildman–Crippen MR) is 112 cm³/mol. The first-order valence-corrected chi connectivity index (χ1v) is 9.98. The van der Waals surface area contributed by atoms with Gasteiger partial charge < -0.3 is 14.5 Å². The molecule has 1 aliphatic rings. The van der Waals surface area contributed by atoms with Crippen LogP contribution < -0.4 is 9.64 Å². The molecular formula is C22H20ClFN4O2. The number of benzene rings is 2. The second-order valence-electron chi connectivity index (χ2n) is 6.92. The number of ether oxygens (including phenoxy) is 1. The number of nitrogens with zero attached hydrogens (tertiary/aromatic N) is 4. The molecule has 4 rings (SSSR count). The van der Waals surface area contributed by atoms with Crippen LogP contribution in [-0.2, 0) is 11.2 Å². The van der Waals surface area contributed by atoms with Crippen molar-refractivity contribution in [2.24, 2.45) is 0 Å². The first-order valence-electron chi connectivity index (χ1n) is 9.60. The Hall–Kier alpha value is -3.19. The zero-order chi connectivity index (χ0) is 20.9. The van der Waals surface area contributed by atoms with E-state index in [1.54, 1.807) is 12.1 Å². The number of piperazine rings is 1. The van der Waals surface area contributed by atoms with E-state index < -0.39 is 5.82 Å². The summed E-state index contributed by atoms with van der Waals surface area (Å²) in [5.74, 6) is 0.507. The first kappa shape index (κ1) is 20.1. The molecule has 1 aliphatic heterocycles. The minimum Gasteiger partial charge on any atom is -0.436 e. The Morgan fingerprint density at radius 2 is 1.80 bits per heavy atom. The largest absolute Gasteiger partial charge is 0.436 e. The molecule has 2 heterocycles. The highest BCUT2D eigenvalue weighted by atomic mass is 35.5. The van der Waals surface area contributed by atoms with E-state index >= 15 is 0 Å². The normalized spacial score (nSPS) is 13.9. The highest BCUT2D eigenvalue weighted by Gasteiger charge is 2.22. The molecule has 0 saturated carbocycles. The molecular weight excluding hydrogens is 407 g/mol. The van der Waals surface area contributed by atoms with E-state index in [0.717, 1.165) is 5.56 Å². The van der Waals surface area contributed by atoms with E-state index in [4.69, 9.17) is 16.3 Å². The molecule has 1 saturated heterocycles. The highest BCUT2D eigenvalue weighted by molar-refractivity contribution is 6.30. The standard InChI is InChI=1S/C22H20ClFN4O2/c23-17-6-7-19(18(24)13-17)30-21-14-20(25-15-26-21)27-8-10-28(11-9-27)22(29)12-16-4-2-1-3-5-16/h1-7,13-15H,8-12H2. The Labute approximate surface area is 178 Å². The lowest BCUT2D eigenvalue weighted by Crippen LogP contribution is -2.49. The van der Waals surface area contributed by atoms with Crippen LogP contribution in [0.3, 0.4) is 0 Å². The molecule has 0 N–H and O–H groups in total. The molecule has 0 aliphatic carbocycles. The second kappa shape index (κ2) is 9.09. The molecule has 0 unspecified atom stereocenters. The number of anilines is 1. The summed E-state index contributed by atoms with van der Waals surface area (Å²) < 4.78 is 19.5. The van der Waals surface area contributed by atoms with Gasteiger partial charge >= 0.3 is 0 Å². The predicted octanol–water partition coefficient (Wildman–Crippen LogP) is 3.95. The van der Waals surface area contributed by atoms with E-state index in [9.17, 15) is 9.18 Å². The van der Waals surface area contributed by atoms with Gasteiger partial charge in [0, 0.05) is 37.3 Å². The lowest BCUT2D eigenvalue weighted by atomic mass is 10.1. The highest BCUT2D eigenvalue weighted by Crippen LogP contribution is 2.27. The van der Waals surface area contributed by atoms with Crippen molar-refractivity contribution in [1.29, 1.82) is 0 Å². The Morgan fingerprint density at radius 1 is 1.03 bits per heavy atom. The maximum absolute atomic E-state index is 14.0. The molecule has 0 spiro atoms. The summed E-state index contributed by atoms with van der Waals surface area (Å²) in [6.07, 6.45) is 1.78. The van der Waals surface area contributed by atoms with Crippen molar-refractivity contribution in [1.82, 2.24) is 14.9 Å². The van der Waals surface area contributed by atoms with E-state index in [1.807, 2.05) is 35.2 Å². The lowest BCUT2D eigenvalue weighted by molar-refractivity contribution is -0.130. The van der Waals surface area contributed by atoms with Crippen molar-refractivity contribution in [2.75, 3.05) is 31.1 Å². The Kier molecular flexibility index (Phi) is 6.09. The summed E-state index contributed by atoms with van der Waals surface area (Å²) in [6, 6.07) is 15.6. The van der Waals surface area contributed by atoms with Crippen molar-refractivity contribution in [3.8, 4) is 11.6 Å². The van der Waals surface area contributed by atoms with Crippen LogP contribution in [0.2, 0.25) is 5.02 Å². The van der Waals surface area contributed by atoms with E-state index in [-0.39, 0.29) is 17.5 Å². The van der Waals surface area contributed by atoms with Gasteiger partial charge in [0.05, 0.1) is 6.42 Å². The summed E-state index contributed by atoms with van der Waals surface area (Å²) >= 11 is 5.77. The number of rotatable bonds is 5. The Bertz CT molecular complexity index is 1030. The smallest absolute Gasteiger partial charge is 0.227 e. The monoisotopic (exact) mass is 426 g/mol. The van der Waals surface area contributed by atoms with Crippen LogP contribution in [0, 0.1) is 5.82 Å². The zero-order valence-electron chi connectivity index (χ0n) is 16.2. The number of amides is 1. The number of halogens is 2. The van der Waals surface area contributed by atoms with E-state index in [1.165, 1.54) is 18.5 Å². The minimum atomic E-state index is -0.562. The molecule has 1 amide bonds.